The molecule has 1 aromatic carbocycles. The van der Waals surface area contributed by atoms with Crippen molar-refractivity contribution in [1.29, 1.82) is 0 Å². The minimum absolute atomic E-state index is 0.111. The Morgan fingerprint density at radius 1 is 1.48 bits per heavy atom. The van der Waals surface area contributed by atoms with Crippen LogP contribution in [0.2, 0.25) is 0 Å². The van der Waals surface area contributed by atoms with Crippen LogP contribution in [-0.2, 0) is 11.2 Å². The van der Waals surface area contributed by atoms with Crippen LogP contribution in [0.1, 0.15) is 39.7 Å². The number of rotatable bonds is 7. The van der Waals surface area contributed by atoms with E-state index in [0.29, 0.717) is 12.3 Å². The fraction of sp³-hybridized carbons (Fsp3) is 0.562. The van der Waals surface area contributed by atoms with Gasteiger partial charge >= 0.3 is 0 Å². The summed E-state index contributed by atoms with van der Waals surface area (Å²) in [5.41, 5.74) is 6.46. The second-order valence-electron chi connectivity index (χ2n) is 5.79. The molecule has 0 aromatic heterocycles. The minimum atomic E-state index is -0.549. The third-order valence-electron chi connectivity index (χ3n) is 3.45. The molecule has 0 spiro atoms. The largest absolute Gasteiger partial charge is 0.480 e. The van der Waals surface area contributed by atoms with E-state index >= 15 is 0 Å². The Morgan fingerprint density at radius 2 is 2.14 bits per heavy atom. The standard InChI is InChI=1S/C16H25BrN2O2/c1-5-16(3,4)19-15(20)11(2)21-14-7-6-12(8-9-18)10-13(14)17/h6-7,10-11H,5,8-9,18H2,1-4H3,(H,19,20). The number of hydrogen-bond donors (Lipinski definition) is 2. The van der Waals surface area contributed by atoms with Crippen molar-refractivity contribution in [2.75, 3.05) is 6.54 Å². The highest BCUT2D eigenvalue weighted by molar-refractivity contribution is 9.10. The zero-order valence-corrected chi connectivity index (χ0v) is 14.8. The van der Waals surface area contributed by atoms with Crippen LogP contribution >= 0.6 is 15.9 Å². The first-order valence-electron chi connectivity index (χ1n) is 7.26. The molecule has 1 atom stereocenters. The Labute approximate surface area is 135 Å². The Balaban J connectivity index is 2.70. The van der Waals surface area contributed by atoms with Gasteiger partial charge in [0.05, 0.1) is 4.47 Å². The van der Waals surface area contributed by atoms with Crippen LogP contribution in [0.15, 0.2) is 22.7 Å². The van der Waals surface area contributed by atoms with E-state index in [4.69, 9.17) is 10.5 Å². The molecule has 0 aliphatic carbocycles. The van der Waals surface area contributed by atoms with Gasteiger partial charge in [0.25, 0.3) is 5.91 Å². The summed E-state index contributed by atoms with van der Waals surface area (Å²) in [6, 6.07) is 5.81. The number of amides is 1. The van der Waals surface area contributed by atoms with Crippen LogP contribution in [-0.4, -0.2) is 24.1 Å². The molecule has 0 heterocycles. The second kappa shape index (κ2) is 7.80. The first-order valence-corrected chi connectivity index (χ1v) is 8.05. The molecule has 0 saturated carbocycles. The van der Waals surface area contributed by atoms with Crippen molar-refractivity contribution in [2.24, 2.45) is 5.73 Å². The summed E-state index contributed by atoms with van der Waals surface area (Å²) in [5, 5.41) is 2.98. The average Bonchev–Trinajstić information content (AvgIpc) is 2.41. The molecule has 4 nitrogen and oxygen atoms in total. The smallest absolute Gasteiger partial charge is 0.261 e. The molecule has 0 saturated heterocycles. The molecule has 0 aliphatic rings. The summed E-state index contributed by atoms with van der Waals surface area (Å²) >= 11 is 3.47. The maximum Gasteiger partial charge on any atom is 0.261 e. The van der Waals surface area contributed by atoms with Crippen molar-refractivity contribution in [2.45, 2.75) is 52.2 Å². The zero-order valence-electron chi connectivity index (χ0n) is 13.2. The lowest BCUT2D eigenvalue weighted by Crippen LogP contribution is -2.48. The number of nitrogens with one attached hydrogen (secondary N) is 1. The summed E-state index contributed by atoms with van der Waals surface area (Å²) in [5.74, 6) is 0.549. The van der Waals surface area contributed by atoms with Crippen LogP contribution in [0.25, 0.3) is 0 Å². The Morgan fingerprint density at radius 3 is 2.67 bits per heavy atom. The lowest BCUT2D eigenvalue weighted by molar-refractivity contribution is -0.129. The highest BCUT2D eigenvalue weighted by Gasteiger charge is 2.23. The van der Waals surface area contributed by atoms with Crippen LogP contribution in [0.3, 0.4) is 0 Å². The van der Waals surface area contributed by atoms with E-state index < -0.39 is 6.10 Å². The molecule has 0 aliphatic heterocycles. The van der Waals surface area contributed by atoms with Crippen LogP contribution in [0.4, 0.5) is 0 Å². The third kappa shape index (κ3) is 5.67. The molecule has 118 valence electrons. The average molecular weight is 357 g/mol. The summed E-state index contributed by atoms with van der Waals surface area (Å²) in [6.07, 6.45) is 1.13. The molecule has 1 rings (SSSR count). The molecule has 5 heteroatoms. The van der Waals surface area contributed by atoms with Crippen LogP contribution in [0, 0.1) is 0 Å². The summed E-state index contributed by atoms with van der Waals surface area (Å²) in [6.45, 7) is 8.39. The van der Waals surface area contributed by atoms with E-state index in [0.717, 1.165) is 22.9 Å². The Hall–Kier alpha value is -1.07. The van der Waals surface area contributed by atoms with E-state index in [1.165, 1.54) is 0 Å². The van der Waals surface area contributed by atoms with Crippen molar-refractivity contribution >= 4 is 21.8 Å². The maximum atomic E-state index is 12.1. The van der Waals surface area contributed by atoms with Gasteiger partial charge in [-0.05, 0) is 73.8 Å². The normalized spacial score (nSPS) is 12.9. The lowest BCUT2D eigenvalue weighted by Gasteiger charge is -2.26. The summed E-state index contributed by atoms with van der Waals surface area (Å²) in [4.78, 5) is 12.1. The summed E-state index contributed by atoms with van der Waals surface area (Å²) in [7, 11) is 0. The number of ether oxygens (including phenoxy) is 1. The quantitative estimate of drug-likeness (QED) is 0.789. The molecular formula is C16H25BrN2O2. The predicted molar refractivity (Wildman–Crippen MR) is 89.5 cm³/mol. The van der Waals surface area contributed by atoms with Crippen molar-refractivity contribution in [3.8, 4) is 5.75 Å². The van der Waals surface area contributed by atoms with Crippen molar-refractivity contribution in [1.82, 2.24) is 5.32 Å². The lowest BCUT2D eigenvalue weighted by atomic mass is 10.0. The van der Waals surface area contributed by atoms with E-state index in [-0.39, 0.29) is 11.4 Å². The topological polar surface area (TPSA) is 64.3 Å². The fourth-order valence-electron chi connectivity index (χ4n) is 1.73. The second-order valence-corrected chi connectivity index (χ2v) is 6.64. The highest BCUT2D eigenvalue weighted by Crippen LogP contribution is 2.27. The van der Waals surface area contributed by atoms with Gasteiger partial charge in [0.2, 0.25) is 0 Å². The maximum absolute atomic E-state index is 12.1. The first kappa shape index (κ1) is 18.0. The first-order chi connectivity index (χ1) is 9.79. The van der Waals surface area contributed by atoms with E-state index in [9.17, 15) is 4.79 Å². The molecule has 1 aromatic rings. The predicted octanol–water partition coefficient (Wildman–Crippen LogP) is 3.02. The molecule has 0 bridgehead atoms. The Kier molecular flexibility index (Phi) is 6.68. The zero-order chi connectivity index (χ0) is 16.0. The van der Waals surface area contributed by atoms with Crippen molar-refractivity contribution in [3.05, 3.63) is 28.2 Å². The minimum Gasteiger partial charge on any atom is -0.480 e. The van der Waals surface area contributed by atoms with Gasteiger partial charge in [0.1, 0.15) is 5.75 Å². The number of halogens is 1. The van der Waals surface area contributed by atoms with Gasteiger partial charge in [-0.3, -0.25) is 4.79 Å². The molecule has 0 radical (unpaired) electrons. The number of carbonyl (C=O) groups is 1. The summed E-state index contributed by atoms with van der Waals surface area (Å²) < 4.78 is 6.58. The van der Waals surface area contributed by atoms with Gasteiger partial charge in [-0.15, -0.1) is 0 Å². The highest BCUT2D eigenvalue weighted by atomic mass is 79.9. The van der Waals surface area contributed by atoms with Gasteiger partial charge in [0.15, 0.2) is 6.10 Å². The van der Waals surface area contributed by atoms with Crippen molar-refractivity contribution in [3.63, 3.8) is 0 Å². The number of nitrogens with two attached hydrogens (primary N) is 1. The van der Waals surface area contributed by atoms with Gasteiger partial charge < -0.3 is 15.8 Å². The monoisotopic (exact) mass is 356 g/mol. The van der Waals surface area contributed by atoms with Crippen LogP contribution in [0.5, 0.6) is 5.75 Å². The molecule has 3 N–H and O–H groups in total. The van der Waals surface area contributed by atoms with Gasteiger partial charge in [0, 0.05) is 5.54 Å². The number of benzene rings is 1. The van der Waals surface area contributed by atoms with Crippen molar-refractivity contribution < 1.29 is 9.53 Å². The van der Waals surface area contributed by atoms with Crippen LogP contribution < -0.4 is 15.8 Å². The third-order valence-corrected chi connectivity index (χ3v) is 4.07. The van der Waals surface area contributed by atoms with E-state index in [1.807, 2.05) is 39.0 Å². The molecule has 1 unspecified atom stereocenters. The molecule has 21 heavy (non-hydrogen) atoms. The molecular weight excluding hydrogens is 332 g/mol. The molecule has 0 fully saturated rings. The van der Waals surface area contributed by atoms with Gasteiger partial charge in [-0.25, -0.2) is 0 Å². The fourth-order valence-corrected chi connectivity index (χ4v) is 2.25. The number of carbonyl (C=O) groups excluding carboxylic acids is 1. The Bertz CT molecular complexity index is 489. The number of hydrogen-bond acceptors (Lipinski definition) is 3. The molecule has 1 amide bonds. The SMILES string of the molecule is CCC(C)(C)NC(=O)C(C)Oc1ccc(CCN)cc1Br. The van der Waals surface area contributed by atoms with E-state index in [2.05, 4.69) is 21.2 Å². The van der Waals surface area contributed by atoms with Gasteiger partial charge in [-0.1, -0.05) is 13.0 Å². The van der Waals surface area contributed by atoms with E-state index in [1.54, 1.807) is 6.92 Å². The van der Waals surface area contributed by atoms with Gasteiger partial charge in [-0.2, -0.15) is 0 Å².